The normalized spacial score (nSPS) is 11.8. The molecule has 0 fully saturated rings. The van der Waals surface area contributed by atoms with Crippen LogP contribution in [-0.2, 0) is 19.5 Å². The van der Waals surface area contributed by atoms with Crippen LogP contribution in [0.5, 0.6) is 0 Å². The lowest BCUT2D eigenvalue weighted by molar-refractivity contribution is 0.0736. The molecular formula is C11H14Br2FNO4S. The van der Waals surface area contributed by atoms with Crippen LogP contribution in [0.4, 0.5) is 4.39 Å². The molecule has 1 aromatic carbocycles. The summed E-state index contributed by atoms with van der Waals surface area (Å²) in [6.07, 6.45) is 0. The van der Waals surface area contributed by atoms with Crippen LogP contribution in [0, 0.1) is 5.82 Å². The third kappa shape index (κ3) is 5.38. The van der Waals surface area contributed by atoms with E-state index >= 15 is 0 Å². The van der Waals surface area contributed by atoms with E-state index in [-0.39, 0.29) is 27.0 Å². The minimum atomic E-state index is -3.75. The van der Waals surface area contributed by atoms with Crippen LogP contribution in [0.3, 0.4) is 0 Å². The summed E-state index contributed by atoms with van der Waals surface area (Å²) in [5.74, 6) is -0.536. The summed E-state index contributed by atoms with van der Waals surface area (Å²) in [4.78, 5) is -0.0456. The predicted molar refractivity (Wildman–Crippen MR) is 79.7 cm³/mol. The summed E-state index contributed by atoms with van der Waals surface area (Å²) >= 11 is 6.08. The summed E-state index contributed by atoms with van der Waals surface area (Å²) in [7, 11) is -2.20. The monoisotopic (exact) mass is 433 g/mol. The number of halogens is 3. The Morgan fingerprint density at radius 2 is 1.80 bits per heavy atom. The van der Waals surface area contributed by atoms with E-state index in [1.165, 1.54) is 0 Å². The van der Waals surface area contributed by atoms with Gasteiger partial charge in [0.15, 0.2) is 0 Å². The van der Waals surface area contributed by atoms with Gasteiger partial charge in [0.1, 0.15) is 10.7 Å². The molecule has 1 rings (SSSR count). The molecule has 0 aliphatic heterocycles. The molecule has 20 heavy (non-hydrogen) atoms. The maximum atomic E-state index is 13.1. The van der Waals surface area contributed by atoms with Crippen LogP contribution in [0.2, 0.25) is 0 Å². The largest absolute Gasteiger partial charge is 0.382 e. The Bertz CT molecular complexity index is 530. The van der Waals surface area contributed by atoms with Gasteiger partial charge in [-0.25, -0.2) is 17.5 Å². The van der Waals surface area contributed by atoms with Crippen LogP contribution in [-0.4, -0.2) is 41.9 Å². The molecule has 0 bridgehead atoms. The van der Waals surface area contributed by atoms with E-state index in [1.54, 1.807) is 7.11 Å². The molecule has 0 spiro atoms. The van der Waals surface area contributed by atoms with E-state index in [2.05, 4.69) is 36.6 Å². The standard InChI is InChI=1S/C11H14Br2FNO4S/c1-18-4-5-19-3-2-15-20(16,17)11-9(12)6-8(14)7-10(11)13/h6-7,15H,2-5H2,1H3. The van der Waals surface area contributed by atoms with Crippen LogP contribution in [0.15, 0.2) is 26.0 Å². The second-order valence-corrected chi connectivity index (χ2v) is 7.11. The third-order valence-corrected chi connectivity index (χ3v) is 5.54. The van der Waals surface area contributed by atoms with Gasteiger partial charge in [-0.1, -0.05) is 0 Å². The van der Waals surface area contributed by atoms with E-state index in [1.807, 2.05) is 0 Å². The Hall–Kier alpha value is -0.0600. The Morgan fingerprint density at radius 3 is 2.35 bits per heavy atom. The van der Waals surface area contributed by atoms with Crippen molar-refractivity contribution in [1.29, 1.82) is 0 Å². The zero-order valence-electron chi connectivity index (χ0n) is 10.7. The minimum absolute atomic E-state index is 0.0456. The van der Waals surface area contributed by atoms with Crippen molar-refractivity contribution < 1.29 is 22.3 Å². The highest BCUT2D eigenvalue weighted by molar-refractivity contribution is 9.11. The summed E-state index contributed by atoms with van der Waals surface area (Å²) in [6, 6.07) is 2.18. The number of methoxy groups -OCH3 is 1. The smallest absolute Gasteiger partial charge is 0.242 e. The molecule has 114 valence electrons. The first-order valence-corrected chi connectivity index (χ1v) is 8.66. The Balaban J connectivity index is 2.66. The van der Waals surface area contributed by atoms with Crippen LogP contribution < -0.4 is 4.72 Å². The van der Waals surface area contributed by atoms with Gasteiger partial charge in [0, 0.05) is 22.6 Å². The quantitative estimate of drug-likeness (QED) is 0.637. The van der Waals surface area contributed by atoms with E-state index in [9.17, 15) is 12.8 Å². The van der Waals surface area contributed by atoms with Gasteiger partial charge in [-0.05, 0) is 44.0 Å². The second-order valence-electron chi connectivity index (χ2n) is 3.70. The Morgan fingerprint density at radius 1 is 1.20 bits per heavy atom. The van der Waals surface area contributed by atoms with Crippen molar-refractivity contribution in [2.75, 3.05) is 33.5 Å². The molecule has 0 unspecified atom stereocenters. The molecule has 1 aromatic rings. The number of sulfonamides is 1. The van der Waals surface area contributed by atoms with E-state index in [0.717, 1.165) is 12.1 Å². The lowest BCUT2D eigenvalue weighted by Gasteiger charge is -2.10. The fraction of sp³-hybridized carbons (Fsp3) is 0.455. The first-order valence-electron chi connectivity index (χ1n) is 5.59. The van der Waals surface area contributed by atoms with Crippen molar-refractivity contribution in [2.45, 2.75) is 4.90 Å². The Labute approximate surface area is 134 Å². The minimum Gasteiger partial charge on any atom is -0.382 e. The lowest BCUT2D eigenvalue weighted by Crippen LogP contribution is -2.28. The first-order chi connectivity index (χ1) is 9.38. The highest BCUT2D eigenvalue weighted by atomic mass is 79.9. The van der Waals surface area contributed by atoms with Crippen LogP contribution in [0.1, 0.15) is 0 Å². The van der Waals surface area contributed by atoms with Gasteiger partial charge >= 0.3 is 0 Å². The molecular weight excluding hydrogens is 421 g/mol. The summed E-state index contributed by atoms with van der Waals surface area (Å²) < 4.78 is 49.9. The molecule has 0 aromatic heterocycles. The number of rotatable bonds is 8. The average Bonchev–Trinajstić information content (AvgIpc) is 2.31. The number of ether oxygens (including phenoxy) is 2. The van der Waals surface area contributed by atoms with Crippen LogP contribution in [0.25, 0.3) is 0 Å². The predicted octanol–water partition coefficient (Wildman–Crippen LogP) is 2.29. The van der Waals surface area contributed by atoms with Crippen molar-refractivity contribution in [3.05, 3.63) is 26.9 Å². The molecule has 0 saturated heterocycles. The number of hydrogen-bond acceptors (Lipinski definition) is 4. The van der Waals surface area contributed by atoms with Gasteiger partial charge in [-0.3, -0.25) is 0 Å². The molecule has 9 heteroatoms. The topological polar surface area (TPSA) is 64.6 Å². The Kier molecular flexibility index (Phi) is 7.56. The molecule has 0 aliphatic rings. The fourth-order valence-corrected chi connectivity index (χ4v) is 4.89. The molecule has 0 heterocycles. The number of nitrogens with one attached hydrogen (secondary N) is 1. The lowest BCUT2D eigenvalue weighted by atomic mass is 10.3. The summed E-state index contributed by atoms with van der Waals surface area (Å²) in [6.45, 7) is 1.17. The van der Waals surface area contributed by atoms with Crippen LogP contribution >= 0.6 is 31.9 Å². The highest BCUT2D eigenvalue weighted by Crippen LogP contribution is 2.30. The fourth-order valence-electron chi connectivity index (χ4n) is 1.35. The average molecular weight is 435 g/mol. The third-order valence-electron chi connectivity index (χ3n) is 2.20. The van der Waals surface area contributed by atoms with Gasteiger partial charge in [0.25, 0.3) is 0 Å². The van der Waals surface area contributed by atoms with Crippen molar-refractivity contribution in [2.24, 2.45) is 0 Å². The summed E-state index contributed by atoms with van der Waals surface area (Å²) in [5.41, 5.74) is 0. The molecule has 0 aliphatic carbocycles. The van der Waals surface area contributed by atoms with Crippen molar-refractivity contribution >= 4 is 41.9 Å². The van der Waals surface area contributed by atoms with Gasteiger partial charge in [0.05, 0.1) is 19.8 Å². The number of hydrogen-bond donors (Lipinski definition) is 1. The maximum Gasteiger partial charge on any atom is 0.242 e. The molecule has 0 saturated carbocycles. The van der Waals surface area contributed by atoms with Crippen molar-refractivity contribution in [3.8, 4) is 0 Å². The zero-order chi connectivity index (χ0) is 15.2. The van der Waals surface area contributed by atoms with Gasteiger partial charge in [0.2, 0.25) is 10.0 Å². The van der Waals surface area contributed by atoms with Gasteiger partial charge < -0.3 is 9.47 Å². The molecule has 1 N–H and O–H groups in total. The van der Waals surface area contributed by atoms with Gasteiger partial charge in [-0.15, -0.1) is 0 Å². The molecule has 0 atom stereocenters. The molecule has 0 radical (unpaired) electrons. The second kappa shape index (κ2) is 8.40. The zero-order valence-corrected chi connectivity index (χ0v) is 14.6. The van der Waals surface area contributed by atoms with E-state index in [0.29, 0.717) is 13.2 Å². The first kappa shape index (κ1) is 18.0. The SMILES string of the molecule is COCCOCCNS(=O)(=O)c1c(Br)cc(F)cc1Br. The van der Waals surface area contributed by atoms with E-state index in [4.69, 9.17) is 9.47 Å². The highest BCUT2D eigenvalue weighted by Gasteiger charge is 2.21. The number of benzene rings is 1. The van der Waals surface area contributed by atoms with Gasteiger partial charge in [-0.2, -0.15) is 0 Å². The van der Waals surface area contributed by atoms with E-state index < -0.39 is 15.8 Å². The molecule has 0 amide bonds. The summed E-state index contributed by atoms with van der Waals surface area (Å²) in [5, 5.41) is 0. The maximum absolute atomic E-state index is 13.1. The molecule has 5 nitrogen and oxygen atoms in total. The van der Waals surface area contributed by atoms with Crippen molar-refractivity contribution in [3.63, 3.8) is 0 Å². The van der Waals surface area contributed by atoms with Crippen molar-refractivity contribution in [1.82, 2.24) is 4.72 Å².